The lowest BCUT2D eigenvalue weighted by molar-refractivity contribution is -0.136. The lowest BCUT2D eigenvalue weighted by atomic mass is 9.96. The first kappa shape index (κ1) is 21.6. The van der Waals surface area contributed by atoms with Gasteiger partial charge >= 0.3 is 5.97 Å². The first-order valence-corrected chi connectivity index (χ1v) is 9.78. The maximum absolute atomic E-state index is 12.2. The molecule has 1 N–H and O–H groups in total. The predicted octanol–water partition coefficient (Wildman–Crippen LogP) is 4.16. The molecule has 1 amide bonds. The quantitative estimate of drug-likeness (QED) is 0.431. The molecule has 0 spiro atoms. The summed E-state index contributed by atoms with van der Waals surface area (Å²) in [6, 6.07) is 11.2. The van der Waals surface area contributed by atoms with Crippen LogP contribution in [0.1, 0.15) is 46.4 Å². The molecule has 0 saturated heterocycles. The van der Waals surface area contributed by atoms with Gasteiger partial charge in [0.25, 0.3) is 0 Å². The van der Waals surface area contributed by atoms with Gasteiger partial charge in [-0.1, -0.05) is 50.6 Å². The van der Waals surface area contributed by atoms with Crippen LogP contribution in [0, 0.1) is 12.3 Å². The summed E-state index contributed by atoms with van der Waals surface area (Å²) < 4.78 is 5.02. The van der Waals surface area contributed by atoms with Crippen LogP contribution in [0.3, 0.4) is 0 Å². The fourth-order valence-electron chi connectivity index (χ4n) is 2.25. The molecule has 0 bridgehead atoms. The topological polar surface area (TPSA) is 72.5 Å². The lowest BCUT2D eigenvalue weighted by Crippen LogP contribution is -2.34. The maximum Gasteiger partial charge on any atom is 0.331 e. The Morgan fingerprint density at radius 3 is 2.57 bits per heavy atom. The third-order valence-electron chi connectivity index (χ3n) is 3.84. The Kier molecular flexibility index (Phi) is 7.29. The second kappa shape index (κ2) is 9.46. The van der Waals surface area contributed by atoms with Gasteiger partial charge in [0.2, 0.25) is 11.7 Å². The monoisotopic (exact) mass is 399 g/mol. The van der Waals surface area contributed by atoms with Crippen LogP contribution in [0.25, 0.3) is 6.08 Å². The molecule has 2 aromatic rings. The molecule has 28 heavy (non-hydrogen) atoms. The van der Waals surface area contributed by atoms with E-state index in [9.17, 15) is 14.4 Å². The number of benzene rings is 1. The molecular weight excluding hydrogens is 374 g/mol. The zero-order valence-electron chi connectivity index (χ0n) is 16.6. The minimum atomic E-state index is -0.566. The van der Waals surface area contributed by atoms with Crippen LogP contribution in [0.15, 0.2) is 42.5 Å². The number of carbonyl (C=O) groups excluding carboxylic acids is 3. The number of hydrogen-bond donors (Lipinski definition) is 1. The first-order valence-electron chi connectivity index (χ1n) is 8.97. The molecule has 0 atom stereocenters. The molecule has 0 saturated carbocycles. The predicted molar refractivity (Wildman–Crippen MR) is 111 cm³/mol. The number of nitrogens with one attached hydrogen (secondary N) is 1. The number of amides is 1. The summed E-state index contributed by atoms with van der Waals surface area (Å²) in [6.07, 6.45) is 2.96. The number of thiophene rings is 1. The van der Waals surface area contributed by atoms with Gasteiger partial charge in [0.05, 0.1) is 11.4 Å². The Morgan fingerprint density at radius 2 is 1.89 bits per heavy atom. The molecule has 5 nitrogen and oxygen atoms in total. The SMILES string of the molecule is Cc1cccc(/C=C/C(=O)OCC(=O)c2ccc(CNC(=O)C(C)(C)C)s2)c1. The van der Waals surface area contributed by atoms with Crippen LogP contribution in [0.2, 0.25) is 0 Å². The molecule has 0 aliphatic rings. The Bertz CT molecular complexity index is 890. The van der Waals surface area contributed by atoms with Crippen LogP contribution < -0.4 is 5.32 Å². The molecule has 1 aromatic carbocycles. The Labute approximate surface area is 169 Å². The Hall–Kier alpha value is -2.73. The third-order valence-corrected chi connectivity index (χ3v) is 4.97. The van der Waals surface area contributed by atoms with Crippen LogP contribution in [0.5, 0.6) is 0 Å². The van der Waals surface area contributed by atoms with Crippen molar-refractivity contribution in [3.05, 3.63) is 63.4 Å². The van der Waals surface area contributed by atoms with Crippen molar-refractivity contribution in [3.8, 4) is 0 Å². The highest BCUT2D eigenvalue weighted by atomic mass is 32.1. The molecule has 0 unspecified atom stereocenters. The van der Waals surface area contributed by atoms with Crippen molar-refractivity contribution in [2.45, 2.75) is 34.2 Å². The smallest absolute Gasteiger partial charge is 0.331 e. The zero-order chi connectivity index (χ0) is 20.7. The number of rotatable bonds is 7. The Balaban J connectivity index is 1.82. The van der Waals surface area contributed by atoms with E-state index in [2.05, 4.69) is 5.32 Å². The molecule has 0 aliphatic heterocycles. The summed E-state index contributed by atoms with van der Waals surface area (Å²) in [6.45, 7) is 7.55. The van der Waals surface area contributed by atoms with Crippen molar-refractivity contribution in [2.24, 2.45) is 5.41 Å². The highest BCUT2D eigenvalue weighted by Gasteiger charge is 2.21. The molecule has 0 radical (unpaired) electrons. The standard InChI is InChI=1S/C22H25NO4S/c1-15-6-5-7-16(12-15)8-11-20(25)27-14-18(24)19-10-9-17(28-19)13-23-21(26)22(2,3)4/h5-12H,13-14H2,1-4H3,(H,23,26)/b11-8+. The summed E-state index contributed by atoms with van der Waals surface area (Å²) in [5, 5.41) is 2.84. The van der Waals surface area contributed by atoms with E-state index >= 15 is 0 Å². The van der Waals surface area contributed by atoms with Crippen molar-refractivity contribution in [1.82, 2.24) is 5.32 Å². The number of aryl methyl sites for hydroxylation is 1. The summed E-state index contributed by atoms with van der Waals surface area (Å²) >= 11 is 1.28. The van der Waals surface area contributed by atoms with E-state index in [-0.39, 0.29) is 18.3 Å². The largest absolute Gasteiger partial charge is 0.454 e. The minimum Gasteiger partial charge on any atom is -0.454 e. The lowest BCUT2D eigenvalue weighted by Gasteiger charge is -2.17. The number of ketones is 1. The van der Waals surface area contributed by atoms with Crippen LogP contribution in [-0.2, 0) is 20.9 Å². The average Bonchev–Trinajstić information content (AvgIpc) is 3.10. The second-order valence-corrected chi connectivity index (χ2v) is 8.65. The molecule has 2 rings (SSSR count). The number of esters is 1. The molecule has 0 fully saturated rings. The third kappa shape index (κ3) is 6.78. The van der Waals surface area contributed by atoms with Gasteiger partial charge in [0.1, 0.15) is 0 Å². The van der Waals surface area contributed by atoms with Crippen molar-refractivity contribution in [1.29, 1.82) is 0 Å². The highest BCUT2D eigenvalue weighted by molar-refractivity contribution is 7.14. The molecule has 148 valence electrons. The summed E-state index contributed by atoms with van der Waals surface area (Å²) in [5.74, 6) is -0.886. The fourth-order valence-corrected chi connectivity index (χ4v) is 3.12. The van der Waals surface area contributed by atoms with E-state index in [0.717, 1.165) is 16.0 Å². The molecule has 0 aliphatic carbocycles. The van der Waals surface area contributed by atoms with E-state index in [4.69, 9.17) is 4.74 Å². The van der Waals surface area contributed by atoms with E-state index in [1.807, 2.05) is 52.0 Å². The highest BCUT2D eigenvalue weighted by Crippen LogP contribution is 2.18. The second-order valence-electron chi connectivity index (χ2n) is 7.48. The first-order chi connectivity index (χ1) is 13.1. The van der Waals surface area contributed by atoms with Gasteiger partial charge in [-0.3, -0.25) is 9.59 Å². The van der Waals surface area contributed by atoms with Gasteiger partial charge in [-0.2, -0.15) is 0 Å². The average molecular weight is 400 g/mol. The van der Waals surface area contributed by atoms with E-state index in [0.29, 0.717) is 11.4 Å². The molecule has 1 heterocycles. The number of Topliss-reactive ketones (excluding diaryl/α,β-unsaturated/α-hetero) is 1. The molecular formula is C22H25NO4S. The van der Waals surface area contributed by atoms with Crippen molar-refractivity contribution in [3.63, 3.8) is 0 Å². The molecule has 1 aromatic heterocycles. The van der Waals surface area contributed by atoms with Gasteiger partial charge < -0.3 is 10.1 Å². The normalized spacial score (nSPS) is 11.4. The van der Waals surface area contributed by atoms with Crippen LogP contribution >= 0.6 is 11.3 Å². The van der Waals surface area contributed by atoms with Gasteiger partial charge in [-0.15, -0.1) is 11.3 Å². The van der Waals surface area contributed by atoms with E-state index in [1.54, 1.807) is 18.2 Å². The fraction of sp³-hybridized carbons (Fsp3) is 0.318. The summed E-state index contributed by atoms with van der Waals surface area (Å²) in [7, 11) is 0. The zero-order valence-corrected chi connectivity index (χ0v) is 17.4. The van der Waals surface area contributed by atoms with E-state index < -0.39 is 11.4 Å². The van der Waals surface area contributed by atoms with Crippen LogP contribution in [0.4, 0.5) is 0 Å². The van der Waals surface area contributed by atoms with Gasteiger partial charge in [0.15, 0.2) is 6.61 Å². The van der Waals surface area contributed by atoms with Crippen molar-refractivity contribution < 1.29 is 19.1 Å². The van der Waals surface area contributed by atoms with Crippen molar-refractivity contribution >= 4 is 35.1 Å². The van der Waals surface area contributed by atoms with Gasteiger partial charge in [-0.25, -0.2) is 4.79 Å². The van der Waals surface area contributed by atoms with Gasteiger partial charge in [0, 0.05) is 16.4 Å². The number of hydrogen-bond acceptors (Lipinski definition) is 5. The van der Waals surface area contributed by atoms with Gasteiger partial charge in [-0.05, 0) is 30.7 Å². The number of ether oxygens (including phenoxy) is 1. The molecule has 6 heteroatoms. The van der Waals surface area contributed by atoms with Crippen LogP contribution in [-0.4, -0.2) is 24.3 Å². The maximum atomic E-state index is 12.2. The Morgan fingerprint density at radius 1 is 1.14 bits per heavy atom. The minimum absolute atomic E-state index is 0.0527. The summed E-state index contributed by atoms with van der Waals surface area (Å²) in [5.41, 5.74) is 1.53. The van der Waals surface area contributed by atoms with Crippen molar-refractivity contribution in [2.75, 3.05) is 6.61 Å². The number of carbonyl (C=O) groups is 3. The van der Waals surface area contributed by atoms with E-state index in [1.165, 1.54) is 17.4 Å². The summed E-state index contributed by atoms with van der Waals surface area (Å²) in [4.78, 5) is 37.3.